The number of carbonyl (C=O) groups is 1. The van der Waals surface area contributed by atoms with Crippen molar-refractivity contribution in [2.45, 2.75) is 0 Å². The predicted octanol–water partition coefficient (Wildman–Crippen LogP) is 0.214. The third-order valence-corrected chi connectivity index (χ3v) is 1.78. The van der Waals surface area contributed by atoms with Gasteiger partial charge in [-0.15, -0.1) is 0 Å². The molecule has 0 aliphatic heterocycles. The molecule has 0 fully saturated rings. The minimum atomic E-state index is -1.12. The van der Waals surface area contributed by atoms with Gasteiger partial charge in [0.05, 0.1) is 0 Å². The van der Waals surface area contributed by atoms with E-state index in [-0.39, 0.29) is 17.5 Å². The standard InChI is InChI=1S/C9H7N5O2/c10-9-12-4-1-5(14-9)7-11-3-2-6(13-7)8(15)16/h1-4H,(H,15,16)(H2,10,12,14). The highest BCUT2D eigenvalue weighted by Gasteiger charge is 2.08. The van der Waals surface area contributed by atoms with E-state index in [1.807, 2.05) is 0 Å². The molecule has 0 amide bonds. The van der Waals surface area contributed by atoms with Gasteiger partial charge in [0.2, 0.25) is 5.95 Å². The first-order chi connectivity index (χ1) is 7.66. The summed E-state index contributed by atoms with van der Waals surface area (Å²) in [6, 6.07) is 2.85. The van der Waals surface area contributed by atoms with Gasteiger partial charge in [-0.05, 0) is 12.1 Å². The van der Waals surface area contributed by atoms with Gasteiger partial charge in [-0.3, -0.25) is 0 Å². The molecule has 0 radical (unpaired) electrons. The van der Waals surface area contributed by atoms with Crippen LogP contribution >= 0.6 is 0 Å². The van der Waals surface area contributed by atoms with Gasteiger partial charge >= 0.3 is 5.97 Å². The van der Waals surface area contributed by atoms with Crippen molar-refractivity contribution in [3.63, 3.8) is 0 Å². The minimum absolute atomic E-state index is 0.0850. The molecule has 0 unspecified atom stereocenters. The summed E-state index contributed by atoms with van der Waals surface area (Å²) in [5.41, 5.74) is 5.69. The second-order valence-electron chi connectivity index (χ2n) is 2.87. The number of rotatable bonds is 2. The highest BCUT2D eigenvalue weighted by Crippen LogP contribution is 2.11. The Bertz CT molecular complexity index is 543. The first-order valence-corrected chi connectivity index (χ1v) is 4.32. The van der Waals surface area contributed by atoms with E-state index in [0.717, 1.165) is 0 Å². The lowest BCUT2D eigenvalue weighted by molar-refractivity contribution is 0.0690. The van der Waals surface area contributed by atoms with Crippen LogP contribution in [0.4, 0.5) is 5.95 Å². The zero-order valence-corrected chi connectivity index (χ0v) is 8.03. The Balaban J connectivity index is 2.48. The number of nitrogen functional groups attached to an aromatic ring is 1. The number of hydrogen-bond donors (Lipinski definition) is 2. The molecule has 3 N–H and O–H groups in total. The van der Waals surface area contributed by atoms with Crippen LogP contribution in [0.15, 0.2) is 24.5 Å². The first kappa shape index (κ1) is 9.97. The van der Waals surface area contributed by atoms with E-state index in [4.69, 9.17) is 10.8 Å². The molecule has 0 bridgehead atoms. The SMILES string of the molecule is Nc1nccc(-c2nccc(C(=O)O)n2)n1. The highest BCUT2D eigenvalue weighted by molar-refractivity contribution is 5.85. The number of carboxylic acid groups (broad SMARTS) is 1. The van der Waals surface area contributed by atoms with Crippen molar-refractivity contribution in [2.75, 3.05) is 5.73 Å². The van der Waals surface area contributed by atoms with Gasteiger partial charge in [-0.2, -0.15) is 0 Å². The Morgan fingerprint density at radius 3 is 2.62 bits per heavy atom. The topological polar surface area (TPSA) is 115 Å². The Hall–Kier alpha value is -2.57. The molecule has 0 aromatic carbocycles. The number of nitrogens with zero attached hydrogens (tertiary/aromatic N) is 4. The van der Waals surface area contributed by atoms with Crippen LogP contribution in [0.25, 0.3) is 11.5 Å². The molecule has 2 aromatic heterocycles. The molecule has 0 saturated carbocycles. The molecule has 0 aliphatic carbocycles. The summed E-state index contributed by atoms with van der Waals surface area (Å²) in [5.74, 6) is -0.832. The van der Waals surface area contributed by atoms with Crippen LogP contribution in [-0.4, -0.2) is 31.0 Å². The van der Waals surface area contributed by atoms with Crippen molar-refractivity contribution in [3.8, 4) is 11.5 Å². The van der Waals surface area contributed by atoms with E-state index < -0.39 is 5.97 Å². The lowest BCUT2D eigenvalue weighted by Crippen LogP contribution is -2.03. The Morgan fingerprint density at radius 1 is 1.19 bits per heavy atom. The molecule has 0 aliphatic rings. The summed E-state index contributed by atoms with van der Waals surface area (Å²) in [6.45, 7) is 0. The van der Waals surface area contributed by atoms with E-state index in [0.29, 0.717) is 5.69 Å². The molecular formula is C9H7N5O2. The number of aromatic nitrogens is 4. The molecule has 2 aromatic rings. The van der Waals surface area contributed by atoms with Crippen molar-refractivity contribution in [1.29, 1.82) is 0 Å². The number of nitrogens with two attached hydrogens (primary N) is 1. The summed E-state index contributed by atoms with van der Waals surface area (Å²) in [4.78, 5) is 26.1. The summed E-state index contributed by atoms with van der Waals surface area (Å²) >= 11 is 0. The van der Waals surface area contributed by atoms with E-state index in [1.54, 1.807) is 6.07 Å². The molecular weight excluding hydrogens is 210 g/mol. The molecule has 0 saturated heterocycles. The number of aromatic carboxylic acids is 1. The quantitative estimate of drug-likeness (QED) is 0.738. The average molecular weight is 217 g/mol. The molecule has 7 heteroatoms. The molecule has 0 spiro atoms. The van der Waals surface area contributed by atoms with Crippen LogP contribution < -0.4 is 5.73 Å². The lowest BCUT2D eigenvalue weighted by Gasteiger charge is -2.00. The van der Waals surface area contributed by atoms with Crippen LogP contribution in [-0.2, 0) is 0 Å². The predicted molar refractivity (Wildman–Crippen MR) is 54.4 cm³/mol. The minimum Gasteiger partial charge on any atom is -0.477 e. The summed E-state index contributed by atoms with van der Waals surface area (Å²) < 4.78 is 0. The van der Waals surface area contributed by atoms with E-state index in [1.165, 1.54) is 18.5 Å². The third kappa shape index (κ3) is 1.92. The van der Waals surface area contributed by atoms with Crippen LogP contribution in [0.5, 0.6) is 0 Å². The van der Waals surface area contributed by atoms with Gasteiger partial charge in [0.15, 0.2) is 11.5 Å². The summed E-state index contributed by atoms with van der Waals surface area (Å²) in [7, 11) is 0. The molecule has 0 atom stereocenters. The zero-order chi connectivity index (χ0) is 11.5. The second kappa shape index (κ2) is 3.89. The maximum Gasteiger partial charge on any atom is 0.354 e. The Labute approximate surface area is 90.0 Å². The van der Waals surface area contributed by atoms with Gasteiger partial charge < -0.3 is 10.8 Å². The molecule has 80 valence electrons. The van der Waals surface area contributed by atoms with E-state index in [9.17, 15) is 4.79 Å². The van der Waals surface area contributed by atoms with E-state index in [2.05, 4.69) is 19.9 Å². The average Bonchev–Trinajstić information content (AvgIpc) is 2.29. The largest absolute Gasteiger partial charge is 0.477 e. The van der Waals surface area contributed by atoms with Crippen LogP contribution in [0, 0.1) is 0 Å². The molecule has 2 heterocycles. The normalized spacial score (nSPS) is 10.0. The van der Waals surface area contributed by atoms with Crippen molar-refractivity contribution < 1.29 is 9.90 Å². The Kier molecular flexibility index (Phi) is 2.42. The van der Waals surface area contributed by atoms with Crippen LogP contribution in [0.3, 0.4) is 0 Å². The lowest BCUT2D eigenvalue weighted by atomic mass is 10.3. The van der Waals surface area contributed by atoms with Crippen molar-refractivity contribution in [3.05, 3.63) is 30.2 Å². The van der Waals surface area contributed by atoms with Crippen LogP contribution in [0.1, 0.15) is 10.5 Å². The van der Waals surface area contributed by atoms with Gasteiger partial charge in [0, 0.05) is 12.4 Å². The fraction of sp³-hybridized carbons (Fsp3) is 0. The maximum absolute atomic E-state index is 10.7. The summed E-state index contributed by atoms with van der Waals surface area (Å²) in [5, 5.41) is 8.76. The fourth-order valence-corrected chi connectivity index (χ4v) is 1.10. The molecule has 2 rings (SSSR count). The Morgan fingerprint density at radius 2 is 1.94 bits per heavy atom. The van der Waals surface area contributed by atoms with E-state index >= 15 is 0 Å². The smallest absolute Gasteiger partial charge is 0.354 e. The zero-order valence-electron chi connectivity index (χ0n) is 8.03. The number of anilines is 1. The first-order valence-electron chi connectivity index (χ1n) is 4.32. The van der Waals surface area contributed by atoms with Crippen LogP contribution in [0.2, 0.25) is 0 Å². The van der Waals surface area contributed by atoms with Crippen molar-refractivity contribution in [1.82, 2.24) is 19.9 Å². The molecule has 16 heavy (non-hydrogen) atoms. The van der Waals surface area contributed by atoms with Gasteiger partial charge in [-0.25, -0.2) is 24.7 Å². The second-order valence-corrected chi connectivity index (χ2v) is 2.87. The number of carboxylic acids is 1. The van der Waals surface area contributed by atoms with Crippen molar-refractivity contribution >= 4 is 11.9 Å². The van der Waals surface area contributed by atoms with Gasteiger partial charge in [0.25, 0.3) is 0 Å². The number of hydrogen-bond acceptors (Lipinski definition) is 6. The van der Waals surface area contributed by atoms with Crippen molar-refractivity contribution in [2.24, 2.45) is 0 Å². The van der Waals surface area contributed by atoms with Gasteiger partial charge in [0.1, 0.15) is 5.69 Å². The van der Waals surface area contributed by atoms with Gasteiger partial charge in [-0.1, -0.05) is 0 Å². The maximum atomic E-state index is 10.7. The summed E-state index contributed by atoms with van der Waals surface area (Å²) in [6.07, 6.45) is 2.80. The molecule has 7 nitrogen and oxygen atoms in total. The monoisotopic (exact) mass is 217 g/mol. The third-order valence-electron chi connectivity index (χ3n) is 1.78. The highest BCUT2D eigenvalue weighted by atomic mass is 16.4. The fourth-order valence-electron chi connectivity index (χ4n) is 1.10.